The predicted octanol–water partition coefficient (Wildman–Crippen LogP) is 3.67. The molecule has 1 atom stereocenters. The Bertz CT molecular complexity index is 250. The normalized spacial score (nSPS) is 36.6. The average Bonchev–Trinajstić information content (AvgIpc) is 2.48. The van der Waals surface area contributed by atoms with Gasteiger partial charge < -0.3 is 10.2 Å². The van der Waals surface area contributed by atoms with Crippen LogP contribution in [0, 0.1) is 11.3 Å². The lowest BCUT2D eigenvalue weighted by Gasteiger charge is -2.43. The second-order valence-electron chi connectivity index (χ2n) is 7.13. The maximum Gasteiger partial charge on any atom is 0.00926 e. The molecule has 0 aromatic carbocycles. The van der Waals surface area contributed by atoms with E-state index < -0.39 is 0 Å². The maximum absolute atomic E-state index is 3.62. The summed E-state index contributed by atoms with van der Waals surface area (Å²) in [4.78, 5) is 2.70. The molecule has 1 unspecified atom stereocenters. The van der Waals surface area contributed by atoms with Gasteiger partial charge in [0.25, 0.3) is 0 Å². The SMILES string of the molecule is CCC1CCC(N(C)CC2(CC)CCCNC2)CC1. The number of rotatable bonds is 5. The number of nitrogens with zero attached hydrogens (tertiary/aromatic N) is 1. The van der Waals surface area contributed by atoms with Crippen LogP contribution in [0.25, 0.3) is 0 Å². The van der Waals surface area contributed by atoms with Crippen molar-refractivity contribution in [2.24, 2.45) is 11.3 Å². The molecule has 1 aliphatic heterocycles. The minimum absolute atomic E-state index is 0.550. The predicted molar refractivity (Wildman–Crippen MR) is 83.5 cm³/mol. The molecule has 0 radical (unpaired) electrons. The number of hydrogen-bond donors (Lipinski definition) is 1. The zero-order valence-corrected chi connectivity index (χ0v) is 13.4. The molecule has 2 aliphatic rings. The van der Waals surface area contributed by atoms with Gasteiger partial charge in [-0.3, -0.25) is 0 Å². The molecule has 1 aliphatic carbocycles. The highest BCUT2D eigenvalue weighted by atomic mass is 15.1. The standard InChI is InChI=1S/C17H34N2/c1-4-15-7-9-16(10-8-15)19(3)14-17(5-2)11-6-12-18-13-17/h15-16,18H,4-14H2,1-3H3. The second kappa shape index (κ2) is 7.08. The molecule has 2 heteroatoms. The Morgan fingerprint density at radius 3 is 2.42 bits per heavy atom. The molecule has 0 aromatic heterocycles. The Morgan fingerprint density at radius 2 is 1.89 bits per heavy atom. The molecule has 0 spiro atoms. The second-order valence-corrected chi connectivity index (χ2v) is 7.13. The van der Waals surface area contributed by atoms with Crippen molar-refractivity contribution in [1.82, 2.24) is 10.2 Å². The molecule has 112 valence electrons. The summed E-state index contributed by atoms with van der Waals surface area (Å²) in [6.45, 7) is 8.51. The summed E-state index contributed by atoms with van der Waals surface area (Å²) >= 11 is 0. The van der Waals surface area contributed by atoms with E-state index in [-0.39, 0.29) is 0 Å². The number of piperidine rings is 1. The van der Waals surface area contributed by atoms with E-state index in [0.717, 1.165) is 12.0 Å². The fourth-order valence-corrected chi connectivity index (χ4v) is 4.23. The van der Waals surface area contributed by atoms with Crippen LogP contribution in [0.1, 0.15) is 65.2 Å². The van der Waals surface area contributed by atoms with Gasteiger partial charge in [0.15, 0.2) is 0 Å². The van der Waals surface area contributed by atoms with Crippen molar-refractivity contribution in [1.29, 1.82) is 0 Å². The Labute approximate surface area is 120 Å². The van der Waals surface area contributed by atoms with E-state index in [1.807, 2.05) is 0 Å². The Balaban J connectivity index is 1.84. The fraction of sp³-hybridized carbons (Fsp3) is 1.00. The Hall–Kier alpha value is -0.0800. The van der Waals surface area contributed by atoms with Crippen molar-refractivity contribution in [2.75, 3.05) is 26.7 Å². The van der Waals surface area contributed by atoms with Crippen LogP contribution in [-0.4, -0.2) is 37.6 Å². The number of hydrogen-bond acceptors (Lipinski definition) is 2. The third-order valence-electron chi connectivity index (χ3n) is 5.91. The van der Waals surface area contributed by atoms with Crippen molar-refractivity contribution in [3.05, 3.63) is 0 Å². The quantitative estimate of drug-likeness (QED) is 0.817. The molecule has 0 aromatic rings. The maximum atomic E-state index is 3.62. The molecule has 2 nitrogen and oxygen atoms in total. The first-order valence-electron chi connectivity index (χ1n) is 8.60. The van der Waals surface area contributed by atoms with Crippen molar-refractivity contribution >= 4 is 0 Å². The van der Waals surface area contributed by atoms with Gasteiger partial charge in [-0.05, 0) is 69.9 Å². The molecule has 1 saturated carbocycles. The number of nitrogens with one attached hydrogen (secondary N) is 1. The summed E-state index contributed by atoms with van der Waals surface area (Å²) in [6, 6.07) is 0.855. The van der Waals surface area contributed by atoms with Gasteiger partial charge in [-0.25, -0.2) is 0 Å². The topological polar surface area (TPSA) is 15.3 Å². The zero-order valence-electron chi connectivity index (χ0n) is 13.4. The average molecular weight is 266 g/mol. The molecule has 0 amide bonds. The van der Waals surface area contributed by atoms with Crippen LogP contribution in [0.4, 0.5) is 0 Å². The molecule has 1 N–H and O–H groups in total. The van der Waals surface area contributed by atoms with E-state index in [9.17, 15) is 0 Å². The van der Waals surface area contributed by atoms with Crippen LogP contribution in [-0.2, 0) is 0 Å². The third-order valence-corrected chi connectivity index (χ3v) is 5.91. The lowest BCUT2D eigenvalue weighted by Crippen LogP contribution is -2.49. The Kier molecular flexibility index (Phi) is 5.70. The van der Waals surface area contributed by atoms with Crippen molar-refractivity contribution in [3.8, 4) is 0 Å². The highest BCUT2D eigenvalue weighted by Crippen LogP contribution is 2.34. The third kappa shape index (κ3) is 3.95. The van der Waals surface area contributed by atoms with Crippen LogP contribution >= 0.6 is 0 Å². The molecular weight excluding hydrogens is 232 g/mol. The highest BCUT2D eigenvalue weighted by molar-refractivity contribution is 4.89. The molecule has 1 saturated heterocycles. The zero-order chi connectivity index (χ0) is 13.7. The summed E-state index contributed by atoms with van der Waals surface area (Å²) in [6.07, 6.45) is 11.3. The lowest BCUT2D eigenvalue weighted by atomic mass is 9.77. The molecule has 0 bridgehead atoms. The lowest BCUT2D eigenvalue weighted by molar-refractivity contribution is 0.0790. The van der Waals surface area contributed by atoms with Crippen LogP contribution in [0.5, 0.6) is 0 Å². The van der Waals surface area contributed by atoms with Crippen molar-refractivity contribution in [2.45, 2.75) is 71.3 Å². The van der Waals surface area contributed by atoms with Gasteiger partial charge in [0.05, 0.1) is 0 Å². The van der Waals surface area contributed by atoms with E-state index >= 15 is 0 Å². The minimum Gasteiger partial charge on any atom is -0.316 e. The Morgan fingerprint density at radius 1 is 1.16 bits per heavy atom. The van der Waals surface area contributed by atoms with E-state index in [1.54, 1.807) is 0 Å². The summed E-state index contributed by atoms with van der Waals surface area (Å²) in [5, 5.41) is 3.62. The van der Waals surface area contributed by atoms with Gasteiger partial charge in [-0.2, -0.15) is 0 Å². The summed E-state index contributed by atoms with van der Waals surface area (Å²) in [7, 11) is 2.38. The van der Waals surface area contributed by atoms with Gasteiger partial charge in [0, 0.05) is 19.1 Å². The molecule has 2 rings (SSSR count). The minimum atomic E-state index is 0.550. The fourth-order valence-electron chi connectivity index (χ4n) is 4.23. The van der Waals surface area contributed by atoms with E-state index in [2.05, 4.69) is 31.1 Å². The summed E-state index contributed by atoms with van der Waals surface area (Å²) in [5.74, 6) is 1.01. The van der Waals surface area contributed by atoms with E-state index in [1.165, 1.54) is 71.0 Å². The smallest absolute Gasteiger partial charge is 0.00926 e. The van der Waals surface area contributed by atoms with Crippen molar-refractivity contribution in [3.63, 3.8) is 0 Å². The van der Waals surface area contributed by atoms with E-state index in [0.29, 0.717) is 5.41 Å². The summed E-state index contributed by atoms with van der Waals surface area (Å²) < 4.78 is 0. The molecule has 1 heterocycles. The summed E-state index contributed by atoms with van der Waals surface area (Å²) in [5.41, 5.74) is 0.550. The molecular formula is C17H34N2. The van der Waals surface area contributed by atoms with Crippen molar-refractivity contribution < 1.29 is 0 Å². The first kappa shape index (κ1) is 15.3. The van der Waals surface area contributed by atoms with Crippen LogP contribution < -0.4 is 5.32 Å². The molecule has 19 heavy (non-hydrogen) atoms. The van der Waals surface area contributed by atoms with Crippen LogP contribution in [0.2, 0.25) is 0 Å². The highest BCUT2D eigenvalue weighted by Gasteiger charge is 2.33. The first-order valence-corrected chi connectivity index (χ1v) is 8.60. The van der Waals surface area contributed by atoms with E-state index in [4.69, 9.17) is 0 Å². The molecule has 2 fully saturated rings. The van der Waals surface area contributed by atoms with Gasteiger partial charge in [-0.1, -0.05) is 20.3 Å². The van der Waals surface area contributed by atoms with Gasteiger partial charge in [0.2, 0.25) is 0 Å². The van der Waals surface area contributed by atoms with Gasteiger partial charge in [0.1, 0.15) is 0 Å². The van der Waals surface area contributed by atoms with Crippen LogP contribution in [0.3, 0.4) is 0 Å². The van der Waals surface area contributed by atoms with Gasteiger partial charge >= 0.3 is 0 Å². The van der Waals surface area contributed by atoms with Crippen LogP contribution in [0.15, 0.2) is 0 Å². The first-order chi connectivity index (χ1) is 9.19. The largest absolute Gasteiger partial charge is 0.316 e. The van der Waals surface area contributed by atoms with Gasteiger partial charge in [-0.15, -0.1) is 0 Å². The monoisotopic (exact) mass is 266 g/mol.